The molecule has 10 heteroatoms. The normalized spacial score (nSPS) is 23.9. The molecule has 0 spiro atoms. The highest BCUT2D eigenvalue weighted by Gasteiger charge is 2.48. The molecule has 3 nitrogen and oxygen atoms in total. The second-order valence-corrected chi connectivity index (χ2v) is 10.9. The molecule has 202 valence electrons. The number of alkyl halides is 6. The number of fused-ring (bicyclic) bond motifs is 1. The van der Waals surface area contributed by atoms with Gasteiger partial charge in [0.2, 0.25) is 5.91 Å². The van der Waals surface area contributed by atoms with Crippen LogP contribution in [0.1, 0.15) is 73.4 Å². The largest absolute Gasteiger partial charge is 0.416 e. The molecule has 0 saturated heterocycles. The average Bonchev–Trinajstić information content (AvgIpc) is 3.41. The lowest BCUT2D eigenvalue weighted by atomic mass is 9.74. The van der Waals surface area contributed by atoms with Gasteiger partial charge in [0.1, 0.15) is 0 Å². The molecule has 0 aliphatic heterocycles. The van der Waals surface area contributed by atoms with Crippen LogP contribution in [-0.2, 0) is 30.1 Å². The molecule has 2 aliphatic carbocycles. The summed E-state index contributed by atoms with van der Waals surface area (Å²) in [6.45, 7) is 3.41. The van der Waals surface area contributed by atoms with Crippen molar-refractivity contribution in [2.75, 3.05) is 0 Å². The average molecular weight is 547 g/mol. The van der Waals surface area contributed by atoms with Gasteiger partial charge in [-0.15, -0.1) is 0 Å². The van der Waals surface area contributed by atoms with Crippen LogP contribution in [0.3, 0.4) is 0 Å². The third kappa shape index (κ3) is 5.93. The first-order valence-electron chi connectivity index (χ1n) is 12.3. The summed E-state index contributed by atoms with van der Waals surface area (Å²) in [6.07, 6.45) is -6.19. The van der Waals surface area contributed by atoms with E-state index in [0.717, 1.165) is 19.3 Å². The Kier molecular flexibility index (Phi) is 7.60. The fourth-order valence-electron chi connectivity index (χ4n) is 5.73. The minimum atomic E-state index is -4.94. The number of carbonyl (C=O) groups excluding carboxylic acids is 1. The van der Waals surface area contributed by atoms with Gasteiger partial charge in [-0.25, -0.2) is 0 Å². The highest BCUT2D eigenvalue weighted by Crippen LogP contribution is 2.46. The van der Waals surface area contributed by atoms with Crippen LogP contribution in [0.4, 0.5) is 26.3 Å². The molecular weight excluding hydrogens is 518 g/mol. The molecule has 0 aromatic heterocycles. The molecule has 4 rings (SSSR count). The summed E-state index contributed by atoms with van der Waals surface area (Å²) in [7, 11) is 0. The summed E-state index contributed by atoms with van der Waals surface area (Å²) in [5.74, 6) is -0.419. The maximum absolute atomic E-state index is 13.4. The van der Waals surface area contributed by atoms with Gasteiger partial charge in [-0.2, -0.15) is 26.3 Å². The summed E-state index contributed by atoms with van der Waals surface area (Å²) in [6, 6.07) is 7.45. The highest BCUT2D eigenvalue weighted by atomic mass is 35.5. The topological polar surface area (TPSA) is 41.1 Å². The second-order valence-electron chi connectivity index (χ2n) is 10.4. The molecule has 1 amide bonds. The SMILES string of the molecule is CC(C)[C@]1(C(=O)NCc2cc(C(F)(F)F)cc(C(F)(F)F)c2)CC[C@@H](NC2CCc3cc(Cl)ccc32)C1. The van der Waals surface area contributed by atoms with E-state index in [4.69, 9.17) is 11.6 Å². The molecule has 0 bridgehead atoms. The van der Waals surface area contributed by atoms with Gasteiger partial charge in [-0.1, -0.05) is 31.5 Å². The number of hydrogen-bond donors (Lipinski definition) is 2. The maximum atomic E-state index is 13.4. The van der Waals surface area contributed by atoms with Crippen LogP contribution >= 0.6 is 11.6 Å². The maximum Gasteiger partial charge on any atom is 0.416 e. The first-order valence-corrected chi connectivity index (χ1v) is 12.7. The summed E-state index contributed by atoms with van der Waals surface area (Å²) in [5.41, 5.74) is -1.41. The summed E-state index contributed by atoms with van der Waals surface area (Å²) >= 11 is 6.11. The van der Waals surface area contributed by atoms with Crippen LogP contribution < -0.4 is 10.6 Å². The minimum Gasteiger partial charge on any atom is -0.352 e. The van der Waals surface area contributed by atoms with E-state index in [1.54, 1.807) is 0 Å². The van der Waals surface area contributed by atoms with Gasteiger partial charge < -0.3 is 10.6 Å². The number of hydrogen-bond acceptors (Lipinski definition) is 2. The van der Waals surface area contributed by atoms with Gasteiger partial charge in [0.15, 0.2) is 0 Å². The molecule has 2 aromatic carbocycles. The van der Waals surface area contributed by atoms with Gasteiger partial charge in [-0.3, -0.25) is 4.79 Å². The van der Waals surface area contributed by atoms with E-state index >= 15 is 0 Å². The zero-order valence-electron chi connectivity index (χ0n) is 20.5. The van der Waals surface area contributed by atoms with Gasteiger partial charge in [0, 0.05) is 23.7 Å². The number of benzene rings is 2. The van der Waals surface area contributed by atoms with Crippen molar-refractivity contribution in [1.29, 1.82) is 0 Å². The molecule has 2 aromatic rings. The smallest absolute Gasteiger partial charge is 0.352 e. The molecular formula is C27H29ClF6N2O. The predicted molar refractivity (Wildman–Crippen MR) is 129 cm³/mol. The second kappa shape index (κ2) is 10.1. The Morgan fingerprint density at radius 3 is 2.27 bits per heavy atom. The molecule has 2 N–H and O–H groups in total. The van der Waals surface area contributed by atoms with Gasteiger partial charge in [0.05, 0.1) is 16.5 Å². The Morgan fingerprint density at radius 2 is 1.68 bits per heavy atom. The Balaban J connectivity index is 1.46. The summed E-state index contributed by atoms with van der Waals surface area (Å²) in [5, 5.41) is 7.00. The number of halogens is 7. The fourth-order valence-corrected chi connectivity index (χ4v) is 5.93. The van der Waals surface area contributed by atoms with E-state index in [0.29, 0.717) is 30.0 Å². The summed E-state index contributed by atoms with van der Waals surface area (Å²) in [4.78, 5) is 13.4. The number of rotatable bonds is 6. The molecule has 1 saturated carbocycles. The number of aryl methyl sites for hydroxylation is 1. The van der Waals surface area contributed by atoms with Crippen molar-refractivity contribution < 1.29 is 31.1 Å². The fraction of sp³-hybridized carbons (Fsp3) is 0.519. The lowest BCUT2D eigenvalue weighted by Crippen LogP contribution is -2.44. The number of carbonyl (C=O) groups is 1. The molecule has 3 atom stereocenters. The molecule has 0 heterocycles. The number of amides is 1. The minimum absolute atomic E-state index is 0.0603. The highest BCUT2D eigenvalue weighted by molar-refractivity contribution is 6.30. The third-order valence-corrected chi connectivity index (χ3v) is 8.06. The standard InChI is InChI=1S/C27H29ClF6N2O/c1-15(2)25(8-7-21(13-25)36-23-6-3-17-11-20(28)4-5-22(17)23)24(37)35-14-16-9-18(26(29,30)31)12-19(10-16)27(32,33)34/h4-5,9-12,15,21,23,36H,3,6-8,13-14H2,1-2H3,(H,35,37)/t21-,23?,25+/m1/s1. The molecule has 0 radical (unpaired) electrons. The van der Waals surface area contributed by atoms with Crippen molar-refractivity contribution >= 4 is 17.5 Å². The van der Waals surface area contributed by atoms with Crippen LogP contribution in [0, 0.1) is 11.3 Å². The number of nitrogens with one attached hydrogen (secondary N) is 2. The van der Waals surface area contributed by atoms with Crippen molar-refractivity contribution in [2.24, 2.45) is 11.3 Å². The van der Waals surface area contributed by atoms with Crippen LogP contribution in [-0.4, -0.2) is 11.9 Å². The van der Waals surface area contributed by atoms with Crippen LogP contribution in [0.25, 0.3) is 0 Å². The third-order valence-electron chi connectivity index (χ3n) is 7.83. The van der Waals surface area contributed by atoms with Crippen LogP contribution in [0.2, 0.25) is 5.02 Å². The van der Waals surface area contributed by atoms with Crippen molar-refractivity contribution in [3.8, 4) is 0 Å². The lowest BCUT2D eigenvalue weighted by Gasteiger charge is -2.33. The van der Waals surface area contributed by atoms with E-state index in [9.17, 15) is 31.1 Å². The Hall–Kier alpha value is -2.26. The van der Waals surface area contributed by atoms with E-state index in [1.807, 2.05) is 32.0 Å². The Morgan fingerprint density at radius 1 is 1.03 bits per heavy atom. The molecule has 37 heavy (non-hydrogen) atoms. The first-order chi connectivity index (χ1) is 17.2. The predicted octanol–water partition coefficient (Wildman–Crippen LogP) is 7.47. The summed E-state index contributed by atoms with van der Waals surface area (Å²) < 4.78 is 79.2. The van der Waals surface area contributed by atoms with E-state index < -0.39 is 35.4 Å². The van der Waals surface area contributed by atoms with Crippen molar-refractivity contribution in [3.63, 3.8) is 0 Å². The van der Waals surface area contributed by atoms with Gasteiger partial charge in [0.25, 0.3) is 0 Å². The Bertz CT molecular complexity index is 1130. The van der Waals surface area contributed by atoms with Crippen LogP contribution in [0.15, 0.2) is 36.4 Å². The Labute approximate surface area is 217 Å². The first kappa shape index (κ1) is 27.8. The lowest BCUT2D eigenvalue weighted by molar-refractivity contribution is -0.143. The zero-order valence-corrected chi connectivity index (χ0v) is 21.2. The monoisotopic (exact) mass is 546 g/mol. The van der Waals surface area contributed by atoms with Crippen molar-refractivity contribution in [3.05, 3.63) is 69.2 Å². The van der Waals surface area contributed by atoms with E-state index in [2.05, 4.69) is 10.6 Å². The van der Waals surface area contributed by atoms with E-state index in [1.165, 1.54) is 11.1 Å². The van der Waals surface area contributed by atoms with Gasteiger partial charge in [-0.05, 0) is 85.0 Å². The van der Waals surface area contributed by atoms with Crippen LogP contribution in [0.5, 0.6) is 0 Å². The molecule has 2 aliphatic rings. The molecule has 1 unspecified atom stereocenters. The van der Waals surface area contributed by atoms with Crippen molar-refractivity contribution in [1.82, 2.24) is 10.6 Å². The van der Waals surface area contributed by atoms with E-state index in [-0.39, 0.29) is 35.5 Å². The quantitative estimate of drug-likeness (QED) is 0.369. The molecule has 1 fully saturated rings. The van der Waals surface area contributed by atoms with Crippen molar-refractivity contribution in [2.45, 2.75) is 76.9 Å². The zero-order chi connectivity index (χ0) is 27.2. The van der Waals surface area contributed by atoms with Gasteiger partial charge >= 0.3 is 12.4 Å².